The van der Waals surface area contributed by atoms with Crippen molar-refractivity contribution >= 4 is 22.6 Å². The lowest BCUT2D eigenvalue weighted by Gasteiger charge is -2.19. The van der Waals surface area contributed by atoms with E-state index in [0.29, 0.717) is 13.1 Å². The van der Waals surface area contributed by atoms with Crippen LogP contribution < -0.4 is 5.32 Å². The number of amides is 2. The molecule has 0 bridgehead atoms. The molecule has 0 unspecified atom stereocenters. The Kier molecular flexibility index (Phi) is 3.27. The number of urea groups is 1. The van der Waals surface area contributed by atoms with Crippen molar-refractivity contribution in [2.75, 3.05) is 18.4 Å². The van der Waals surface area contributed by atoms with Gasteiger partial charge in [-0.15, -0.1) is 0 Å². The van der Waals surface area contributed by atoms with E-state index in [4.69, 9.17) is 0 Å². The summed E-state index contributed by atoms with van der Waals surface area (Å²) in [6, 6.07) is 5.61. The molecule has 0 saturated carbocycles. The average molecular weight is 232 g/mol. The zero-order valence-electron chi connectivity index (χ0n) is 10.0. The zero-order valence-corrected chi connectivity index (χ0v) is 10.0. The summed E-state index contributed by atoms with van der Waals surface area (Å²) in [5.41, 5.74) is 1.70. The van der Waals surface area contributed by atoms with E-state index < -0.39 is 0 Å². The minimum Gasteiger partial charge on any atom is -0.325 e. The highest BCUT2D eigenvalue weighted by Crippen LogP contribution is 2.21. The van der Waals surface area contributed by atoms with Crippen LogP contribution in [-0.2, 0) is 0 Å². The Bertz CT molecular complexity index is 516. The van der Waals surface area contributed by atoms with E-state index in [1.165, 1.54) is 0 Å². The molecule has 17 heavy (non-hydrogen) atoms. The summed E-state index contributed by atoms with van der Waals surface area (Å²) in [6.07, 6.45) is 1.72. The largest absolute Gasteiger partial charge is 0.325 e. The standard InChI is InChI=1S/C12H16N4O/c1-3-16(4-2)12(17)14-10-6-5-7-11-9(10)8-13-15-11/h5-8H,3-4H2,1-2H3,(H,13,15)(H,14,17). The second-order valence-corrected chi connectivity index (χ2v) is 3.74. The maximum Gasteiger partial charge on any atom is 0.321 e. The fourth-order valence-electron chi connectivity index (χ4n) is 1.78. The van der Waals surface area contributed by atoms with Gasteiger partial charge in [0.05, 0.1) is 17.4 Å². The lowest BCUT2D eigenvalue weighted by Crippen LogP contribution is -2.34. The normalized spacial score (nSPS) is 10.5. The molecule has 0 atom stereocenters. The van der Waals surface area contributed by atoms with E-state index in [-0.39, 0.29) is 6.03 Å². The average Bonchev–Trinajstić information content (AvgIpc) is 2.80. The van der Waals surface area contributed by atoms with Gasteiger partial charge in [0.25, 0.3) is 0 Å². The van der Waals surface area contributed by atoms with E-state index in [1.54, 1.807) is 11.1 Å². The number of anilines is 1. The number of hydrogen-bond donors (Lipinski definition) is 2. The fourth-order valence-corrected chi connectivity index (χ4v) is 1.78. The van der Waals surface area contributed by atoms with E-state index in [0.717, 1.165) is 16.6 Å². The van der Waals surface area contributed by atoms with Gasteiger partial charge in [-0.3, -0.25) is 5.10 Å². The first-order valence-corrected chi connectivity index (χ1v) is 5.74. The Hall–Kier alpha value is -2.04. The van der Waals surface area contributed by atoms with Crippen LogP contribution in [0.25, 0.3) is 10.9 Å². The third-order valence-electron chi connectivity index (χ3n) is 2.78. The Morgan fingerprint density at radius 3 is 2.88 bits per heavy atom. The van der Waals surface area contributed by atoms with Gasteiger partial charge in [0, 0.05) is 18.5 Å². The van der Waals surface area contributed by atoms with E-state index in [2.05, 4.69) is 15.5 Å². The van der Waals surface area contributed by atoms with Crippen molar-refractivity contribution < 1.29 is 4.79 Å². The molecule has 5 nitrogen and oxygen atoms in total. The topological polar surface area (TPSA) is 61.0 Å². The summed E-state index contributed by atoms with van der Waals surface area (Å²) in [5, 5.41) is 10.7. The molecule has 0 spiro atoms. The smallest absolute Gasteiger partial charge is 0.321 e. The molecule has 0 radical (unpaired) electrons. The third-order valence-corrected chi connectivity index (χ3v) is 2.78. The molecule has 1 aromatic carbocycles. The molecular weight excluding hydrogens is 216 g/mol. The van der Waals surface area contributed by atoms with Crippen LogP contribution in [0.3, 0.4) is 0 Å². The predicted octanol–water partition coefficient (Wildman–Crippen LogP) is 2.44. The van der Waals surface area contributed by atoms with Gasteiger partial charge in [0.15, 0.2) is 0 Å². The first-order valence-electron chi connectivity index (χ1n) is 5.74. The molecule has 0 aliphatic carbocycles. The number of H-pyrrole nitrogens is 1. The minimum atomic E-state index is -0.0799. The number of aromatic amines is 1. The molecule has 2 amide bonds. The Morgan fingerprint density at radius 2 is 2.18 bits per heavy atom. The summed E-state index contributed by atoms with van der Waals surface area (Å²) >= 11 is 0. The number of benzene rings is 1. The van der Waals surface area contributed by atoms with Gasteiger partial charge in [0.1, 0.15) is 0 Å². The lowest BCUT2D eigenvalue weighted by atomic mass is 10.2. The number of hydrogen-bond acceptors (Lipinski definition) is 2. The first kappa shape index (κ1) is 11.4. The van der Waals surface area contributed by atoms with Crippen molar-refractivity contribution in [1.82, 2.24) is 15.1 Å². The fraction of sp³-hybridized carbons (Fsp3) is 0.333. The zero-order chi connectivity index (χ0) is 12.3. The molecule has 2 rings (SSSR count). The summed E-state index contributed by atoms with van der Waals surface area (Å²) in [4.78, 5) is 13.7. The van der Waals surface area contributed by atoms with Gasteiger partial charge in [-0.1, -0.05) is 6.07 Å². The number of nitrogens with one attached hydrogen (secondary N) is 2. The first-order chi connectivity index (χ1) is 8.26. The van der Waals surface area contributed by atoms with Crippen LogP contribution in [0.5, 0.6) is 0 Å². The van der Waals surface area contributed by atoms with Crippen molar-refractivity contribution in [3.63, 3.8) is 0 Å². The van der Waals surface area contributed by atoms with Crippen LogP contribution in [-0.4, -0.2) is 34.2 Å². The molecule has 1 heterocycles. The Morgan fingerprint density at radius 1 is 1.41 bits per heavy atom. The summed E-state index contributed by atoms with van der Waals surface area (Å²) in [7, 11) is 0. The molecule has 1 aromatic heterocycles. The van der Waals surface area contributed by atoms with E-state index in [1.807, 2.05) is 32.0 Å². The number of carbonyl (C=O) groups is 1. The second kappa shape index (κ2) is 4.86. The van der Waals surface area contributed by atoms with Gasteiger partial charge in [-0.25, -0.2) is 4.79 Å². The Balaban J connectivity index is 2.23. The van der Waals surface area contributed by atoms with E-state index >= 15 is 0 Å². The summed E-state index contributed by atoms with van der Waals surface area (Å²) in [5.74, 6) is 0. The highest BCUT2D eigenvalue weighted by molar-refractivity contribution is 6.00. The molecule has 2 N–H and O–H groups in total. The molecule has 0 saturated heterocycles. The van der Waals surface area contributed by atoms with Crippen molar-refractivity contribution in [3.8, 4) is 0 Å². The SMILES string of the molecule is CCN(CC)C(=O)Nc1cccc2[nH]ncc12. The van der Waals surface area contributed by atoms with Gasteiger partial charge in [-0.05, 0) is 26.0 Å². The highest BCUT2D eigenvalue weighted by atomic mass is 16.2. The number of nitrogens with zero attached hydrogens (tertiary/aromatic N) is 2. The van der Waals surface area contributed by atoms with Crippen molar-refractivity contribution in [2.24, 2.45) is 0 Å². The van der Waals surface area contributed by atoms with Crippen LogP contribution in [0.15, 0.2) is 24.4 Å². The van der Waals surface area contributed by atoms with Gasteiger partial charge >= 0.3 is 6.03 Å². The lowest BCUT2D eigenvalue weighted by molar-refractivity contribution is 0.217. The second-order valence-electron chi connectivity index (χ2n) is 3.74. The van der Waals surface area contributed by atoms with Crippen LogP contribution in [0.1, 0.15) is 13.8 Å². The van der Waals surface area contributed by atoms with Crippen LogP contribution >= 0.6 is 0 Å². The number of fused-ring (bicyclic) bond motifs is 1. The molecule has 2 aromatic rings. The van der Waals surface area contributed by atoms with Crippen molar-refractivity contribution in [2.45, 2.75) is 13.8 Å². The number of carbonyl (C=O) groups excluding carboxylic acids is 1. The number of rotatable bonds is 3. The third kappa shape index (κ3) is 2.22. The minimum absolute atomic E-state index is 0.0799. The van der Waals surface area contributed by atoms with E-state index in [9.17, 15) is 4.79 Å². The van der Waals surface area contributed by atoms with Gasteiger partial charge in [-0.2, -0.15) is 5.10 Å². The Labute approximate surface area is 99.8 Å². The molecule has 0 fully saturated rings. The van der Waals surface area contributed by atoms with Crippen LogP contribution in [0, 0.1) is 0 Å². The van der Waals surface area contributed by atoms with Gasteiger partial charge in [0.2, 0.25) is 0 Å². The molecule has 5 heteroatoms. The monoisotopic (exact) mass is 232 g/mol. The summed E-state index contributed by atoms with van der Waals surface area (Å²) in [6.45, 7) is 5.32. The predicted molar refractivity (Wildman–Crippen MR) is 68.0 cm³/mol. The van der Waals surface area contributed by atoms with Crippen molar-refractivity contribution in [1.29, 1.82) is 0 Å². The maximum absolute atomic E-state index is 11.9. The molecular formula is C12H16N4O. The molecule has 90 valence electrons. The number of aromatic nitrogens is 2. The van der Waals surface area contributed by atoms with Crippen molar-refractivity contribution in [3.05, 3.63) is 24.4 Å². The molecule has 0 aliphatic heterocycles. The molecule has 0 aliphatic rings. The van der Waals surface area contributed by atoms with Crippen LogP contribution in [0.2, 0.25) is 0 Å². The summed E-state index contributed by atoms with van der Waals surface area (Å²) < 4.78 is 0. The highest BCUT2D eigenvalue weighted by Gasteiger charge is 2.11. The van der Waals surface area contributed by atoms with Gasteiger partial charge < -0.3 is 10.2 Å². The maximum atomic E-state index is 11.9. The quantitative estimate of drug-likeness (QED) is 0.853. The van der Waals surface area contributed by atoms with Crippen LogP contribution in [0.4, 0.5) is 10.5 Å².